The molecule has 198 valence electrons. The van der Waals surface area contributed by atoms with Crippen LogP contribution in [-0.4, -0.2) is 54.9 Å². The Morgan fingerprint density at radius 1 is 1.00 bits per heavy atom. The minimum atomic E-state index is -0.889. The third-order valence-corrected chi connectivity index (χ3v) is 8.13. The first-order valence-corrected chi connectivity index (χ1v) is 13.2. The summed E-state index contributed by atoms with van der Waals surface area (Å²) in [6.45, 7) is 4.38. The highest BCUT2D eigenvalue weighted by molar-refractivity contribution is 5.66. The maximum absolute atomic E-state index is 15.1. The number of piperidine rings is 1. The summed E-state index contributed by atoms with van der Waals surface area (Å²) in [5.41, 5.74) is 4.42. The smallest absolute Gasteiger partial charge is 0.258 e. The van der Waals surface area contributed by atoms with Crippen molar-refractivity contribution in [1.29, 1.82) is 0 Å². The van der Waals surface area contributed by atoms with Gasteiger partial charge in [0.15, 0.2) is 0 Å². The van der Waals surface area contributed by atoms with Gasteiger partial charge >= 0.3 is 0 Å². The van der Waals surface area contributed by atoms with E-state index in [0.717, 1.165) is 37.7 Å². The monoisotopic (exact) mass is 517 g/mol. The summed E-state index contributed by atoms with van der Waals surface area (Å²) in [6.07, 6.45) is 3.96. The topological polar surface area (TPSA) is 52.1 Å². The van der Waals surface area contributed by atoms with E-state index in [-0.39, 0.29) is 0 Å². The van der Waals surface area contributed by atoms with Gasteiger partial charge in [0, 0.05) is 56.5 Å². The Morgan fingerprint density at radius 2 is 1.66 bits per heavy atom. The molecule has 8 heteroatoms. The number of anilines is 1. The predicted molar refractivity (Wildman–Crippen MR) is 146 cm³/mol. The summed E-state index contributed by atoms with van der Waals surface area (Å²) in [7, 11) is 1.81. The van der Waals surface area contributed by atoms with Gasteiger partial charge in [0.2, 0.25) is 0 Å². The Kier molecular flexibility index (Phi) is 6.42. The summed E-state index contributed by atoms with van der Waals surface area (Å²) in [5.74, 6) is -2.04. The number of benzene rings is 3. The molecule has 0 aliphatic carbocycles. The second-order valence-electron chi connectivity index (χ2n) is 10.7. The first-order valence-electron chi connectivity index (χ1n) is 13.2. The molecule has 2 saturated heterocycles. The number of aryl methyl sites for hydroxylation is 1. The third kappa shape index (κ3) is 4.68. The van der Waals surface area contributed by atoms with Crippen molar-refractivity contribution < 1.29 is 13.6 Å². The van der Waals surface area contributed by atoms with E-state index >= 15 is 4.39 Å². The van der Waals surface area contributed by atoms with Crippen molar-refractivity contribution in [3.05, 3.63) is 89.5 Å². The van der Waals surface area contributed by atoms with Gasteiger partial charge in [-0.25, -0.2) is 18.6 Å². The first kappa shape index (κ1) is 25.0. The van der Waals surface area contributed by atoms with E-state index in [4.69, 9.17) is 4.84 Å². The molecule has 0 bridgehead atoms. The van der Waals surface area contributed by atoms with Crippen LogP contribution in [0.5, 0.6) is 0 Å². The highest BCUT2D eigenvalue weighted by Gasteiger charge is 2.58. The highest BCUT2D eigenvalue weighted by Crippen LogP contribution is 2.47. The minimum absolute atomic E-state index is 0.358. The van der Waals surface area contributed by atoms with Crippen LogP contribution in [0, 0.1) is 18.6 Å². The van der Waals surface area contributed by atoms with E-state index in [9.17, 15) is 4.39 Å². The van der Waals surface area contributed by atoms with Crippen molar-refractivity contribution in [2.24, 2.45) is 4.99 Å². The van der Waals surface area contributed by atoms with Crippen LogP contribution in [0.3, 0.4) is 0 Å². The molecule has 2 fully saturated rings. The summed E-state index contributed by atoms with van der Waals surface area (Å²) in [5, 5.41) is 8.50. The predicted octanol–water partition coefficient (Wildman–Crippen LogP) is 5.26. The molecule has 3 aromatic rings. The molecule has 6 nitrogen and oxygen atoms in total. The number of nitrogens with one attached hydrogen (secondary N) is 2. The number of hydrogen-bond acceptors (Lipinski definition) is 6. The average molecular weight is 518 g/mol. The number of rotatable bonds is 6. The fourth-order valence-electron chi connectivity index (χ4n) is 5.93. The lowest BCUT2D eigenvalue weighted by Gasteiger charge is -2.41. The summed E-state index contributed by atoms with van der Waals surface area (Å²) in [4.78, 5) is 12.8. The van der Waals surface area contributed by atoms with Crippen molar-refractivity contribution in [3.63, 3.8) is 0 Å². The first-order chi connectivity index (χ1) is 18.3. The molecule has 3 heterocycles. The van der Waals surface area contributed by atoms with Crippen molar-refractivity contribution in [2.75, 3.05) is 32.0 Å². The van der Waals surface area contributed by atoms with Crippen molar-refractivity contribution in [3.8, 4) is 11.1 Å². The Balaban J connectivity index is 1.12. The van der Waals surface area contributed by atoms with Gasteiger partial charge in [-0.15, -0.1) is 0 Å². The van der Waals surface area contributed by atoms with Gasteiger partial charge in [-0.1, -0.05) is 48.0 Å². The standard InChI is InChI=1S/C30H33F2N5O/c1-21-3-5-22(6-4-21)23-7-10-25(11-8-23)35-26-13-15-37(16-14-26)19-29(27-12-9-24(31)17-28(27)32)18-30(33-20-34-30)38-36(29)2/h3-12,17,20,26,35H,13-16,18-19H2,1-2H3,(H,33,34). The fourth-order valence-corrected chi connectivity index (χ4v) is 5.93. The fraction of sp³-hybridized carbons (Fsp3) is 0.367. The molecule has 0 amide bonds. The molecule has 3 aromatic carbocycles. The quantitative estimate of drug-likeness (QED) is 0.467. The zero-order valence-electron chi connectivity index (χ0n) is 21.8. The zero-order chi connectivity index (χ0) is 26.3. The SMILES string of the molecule is Cc1ccc(-c2ccc(NC3CCN(CC4(c5ccc(F)cc5F)CC5(N=CN5)ON4C)CC3)cc2)cc1. The number of hydrogen-bond donors (Lipinski definition) is 2. The van der Waals surface area contributed by atoms with Crippen LogP contribution in [0.25, 0.3) is 11.1 Å². The summed E-state index contributed by atoms with van der Waals surface area (Å²) < 4.78 is 28.8. The van der Waals surface area contributed by atoms with E-state index in [1.54, 1.807) is 17.5 Å². The van der Waals surface area contributed by atoms with Crippen LogP contribution >= 0.6 is 0 Å². The Bertz CT molecular complexity index is 1320. The van der Waals surface area contributed by atoms with Crippen LogP contribution in [0.4, 0.5) is 14.5 Å². The number of nitrogens with zero attached hydrogens (tertiary/aromatic N) is 3. The maximum Gasteiger partial charge on any atom is 0.258 e. The molecule has 0 radical (unpaired) electrons. The van der Waals surface area contributed by atoms with Gasteiger partial charge in [-0.05, 0) is 49.1 Å². The van der Waals surface area contributed by atoms with E-state index < -0.39 is 23.0 Å². The van der Waals surface area contributed by atoms with Gasteiger partial charge in [0.1, 0.15) is 11.6 Å². The lowest BCUT2D eigenvalue weighted by molar-refractivity contribution is -0.219. The summed E-state index contributed by atoms with van der Waals surface area (Å²) in [6, 6.07) is 21.3. The molecular formula is C30H33F2N5O. The van der Waals surface area contributed by atoms with Gasteiger partial charge in [-0.2, -0.15) is 5.06 Å². The third-order valence-electron chi connectivity index (χ3n) is 8.13. The second kappa shape index (κ2) is 9.76. The molecule has 38 heavy (non-hydrogen) atoms. The van der Waals surface area contributed by atoms with Gasteiger partial charge in [-0.3, -0.25) is 0 Å². The van der Waals surface area contributed by atoms with Gasteiger partial charge in [0.05, 0.1) is 11.9 Å². The normalized spacial score (nSPS) is 25.9. The molecule has 0 aromatic heterocycles. The van der Waals surface area contributed by atoms with Gasteiger partial charge < -0.3 is 15.5 Å². The number of aliphatic imine (C=N–C) groups is 1. The lowest BCUT2D eigenvalue weighted by Crippen LogP contribution is -2.53. The van der Waals surface area contributed by atoms with E-state index in [1.807, 2.05) is 7.05 Å². The molecule has 0 saturated carbocycles. The van der Waals surface area contributed by atoms with Crippen LogP contribution in [0.2, 0.25) is 0 Å². The molecule has 2 atom stereocenters. The molecule has 3 aliphatic rings. The molecule has 1 spiro atoms. The van der Waals surface area contributed by atoms with E-state index in [2.05, 4.69) is 76.0 Å². The maximum atomic E-state index is 15.1. The molecule has 2 N–H and O–H groups in total. The van der Waals surface area contributed by atoms with Crippen molar-refractivity contribution >= 4 is 12.0 Å². The summed E-state index contributed by atoms with van der Waals surface area (Å²) >= 11 is 0. The average Bonchev–Trinajstić information content (AvgIpc) is 3.20. The van der Waals surface area contributed by atoms with Crippen LogP contribution in [0.1, 0.15) is 30.4 Å². The number of hydroxylamine groups is 2. The van der Waals surface area contributed by atoms with Crippen LogP contribution in [-0.2, 0) is 10.4 Å². The van der Waals surface area contributed by atoms with Gasteiger partial charge in [0.25, 0.3) is 5.85 Å². The Morgan fingerprint density at radius 3 is 2.24 bits per heavy atom. The minimum Gasteiger partial charge on any atom is -0.382 e. The molecular weight excluding hydrogens is 484 g/mol. The molecule has 2 unspecified atom stereocenters. The highest BCUT2D eigenvalue weighted by atomic mass is 19.1. The number of likely N-dealkylation sites (N-methyl/N-ethyl adjacent to an activating group) is 1. The van der Waals surface area contributed by atoms with Crippen LogP contribution < -0.4 is 10.6 Å². The Labute approximate surface area is 222 Å². The molecule has 3 aliphatic heterocycles. The largest absolute Gasteiger partial charge is 0.382 e. The zero-order valence-corrected chi connectivity index (χ0v) is 21.8. The lowest BCUT2D eigenvalue weighted by atomic mass is 9.83. The Hall–Kier alpha value is -3.33. The number of halogens is 2. The van der Waals surface area contributed by atoms with Crippen molar-refractivity contribution in [1.82, 2.24) is 15.3 Å². The number of likely N-dealkylation sites (tertiary alicyclic amines) is 1. The molecule has 6 rings (SSSR count). The van der Waals surface area contributed by atoms with Crippen molar-refractivity contribution in [2.45, 2.75) is 43.6 Å². The van der Waals surface area contributed by atoms with E-state index in [0.29, 0.717) is 24.6 Å². The van der Waals surface area contributed by atoms with Crippen LogP contribution in [0.15, 0.2) is 71.7 Å². The van der Waals surface area contributed by atoms with E-state index in [1.165, 1.54) is 22.8 Å². The second-order valence-corrected chi connectivity index (χ2v) is 10.7.